The lowest BCUT2D eigenvalue weighted by atomic mass is 10.2. The predicted molar refractivity (Wildman–Crippen MR) is 129 cm³/mol. The van der Waals surface area contributed by atoms with Crippen LogP contribution in [0.4, 0.5) is 5.69 Å². The number of nitrogens with one attached hydrogen (secondary N) is 2. The highest BCUT2D eigenvalue weighted by molar-refractivity contribution is 6.34. The molecule has 32 heavy (non-hydrogen) atoms. The van der Waals surface area contributed by atoms with Crippen molar-refractivity contribution in [2.45, 2.75) is 33.4 Å². The van der Waals surface area contributed by atoms with Crippen LogP contribution < -0.4 is 15.4 Å². The second-order valence-electron chi connectivity index (χ2n) is 7.07. The molecule has 0 spiro atoms. The van der Waals surface area contributed by atoms with E-state index in [2.05, 4.69) is 27.6 Å². The van der Waals surface area contributed by atoms with Gasteiger partial charge in [-0.3, -0.25) is 14.8 Å². The molecule has 0 aliphatic heterocycles. The summed E-state index contributed by atoms with van der Waals surface area (Å²) in [6, 6.07) is 12.0. The third-order valence-electron chi connectivity index (χ3n) is 4.67. The number of carbonyl (C=O) groups excluding carboxylic acids is 1. The largest absolute Gasteiger partial charge is 0.495 e. The Bertz CT molecular complexity index is 1130. The van der Waals surface area contributed by atoms with Crippen LogP contribution in [0.15, 0.2) is 53.7 Å². The maximum atomic E-state index is 12.9. The Balaban J connectivity index is 1.90. The molecule has 1 amide bonds. The number of carbonyl (C=O) groups is 1. The fraction of sp³-hybridized carbons (Fsp3) is 0.261. The topological polar surface area (TPSA) is 80.5 Å². The van der Waals surface area contributed by atoms with Crippen molar-refractivity contribution in [3.05, 3.63) is 75.5 Å². The maximum Gasteiger partial charge on any atom is 0.259 e. The molecule has 9 heteroatoms. The summed E-state index contributed by atoms with van der Waals surface area (Å²) in [6.07, 6.45) is 2.95. The fourth-order valence-electron chi connectivity index (χ4n) is 3.06. The summed E-state index contributed by atoms with van der Waals surface area (Å²) in [4.78, 5) is 17.5. The number of nitrogens with zero attached hydrogens (tertiary/aromatic N) is 3. The minimum Gasteiger partial charge on any atom is -0.495 e. The lowest BCUT2D eigenvalue weighted by Crippen LogP contribution is -2.36. The molecule has 3 rings (SSSR count). The zero-order chi connectivity index (χ0) is 23.1. The predicted octanol–water partition coefficient (Wildman–Crippen LogP) is 5.32. The van der Waals surface area contributed by atoms with E-state index in [9.17, 15) is 4.79 Å². The van der Waals surface area contributed by atoms with Gasteiger partial charge in [0.1, 0.15) is 5.75 Å². The van der Waals surface area contributed by atoms with Gasteiger partial charge in [-0.25, -0.2) is 4.99 Å². The number of hydrogen-bond acceptors (Lipinski definition) is 4. The average molecular weight is 474 g/mol. The first kappa shape index (κ1) is 23.6. The molecule has 2 N–H and O–H groups in total. The number of halogens is 2. The molecule has 0 atom stereocenters. The summed E-state index contributed by atoms with van der Waals surface area (Å²) in [5.41, 5.74) is 2.76. The van der Waals surface area contributed by atoms with Crippen LogP contribution in [-0.2, 0) is 13.1 Å². The Hall–Kier alpha value is -3.03. The molecule has 168 valence electrons. The highest BCUT2D eigenvalue weighted by Crippen LogP contribution is 2.27. The first-order valence-electron chi connectivity index (χ1n) is 10.1. The van der Waals surface area contributed by atoms with Crippen LogP contribution >= 0.6 is 23.2 Å². The van der Waals surface area contributed by atoms with Crippen LogP contribution in [0.1, 0.15) is 35.0 Å². The SMILES string of the molecule is CCCn1cc(CN=C(NC(=O)c2ccccc2Cl)Nc2cc(Cl)ccc2OC)c(C)n1. The smallest absolute Gasteiger partial charge is 0.259 e. The van der Waals surface area contributed by atoms with Gasteiger partial charge < -0.3 is 10.1 Å². The molecule has 0 saturated heterocycles. The minimum absolute atomic E-state index is 0.234. The number of aliphatic imine (C=N–C) groups is 1. The van der Waals surface area contributed by atoms with Crippen LogP contribution in [0, 0.1) is 6.92 Å². The molecule has 1 heterocycles. The molecule has 0 bridgehead atoms. The maximum absolute atomic E-state index is 12.9. The molecule has 0 saturated carbocycles. The van der Waals surface area contributed by atoms with Crippen molar-refractivity contribution < 1.29 is 9.53 Å². The van der Waals surface area contributed by atoms with Crippen molar-refractivity contribution in [3.63, 3.8) is 0 Å². The van der Waals surface area contributed by atoms with Gasteiger partial charge in [-0.1, -0.05) is 42.3 Å². The summed E-state index contributed by atoms with van der Waals surface area (Å²) in [7, 11) is 1.55. The van der Waals surface area contributed by atoms with Crippen molar-refractivity contribution in [2.24, 2.45) is 4.99 Å². The Labute approximate surface area is 197 Å². The van der Waals surface area contributed by atoms with Gasteiger partial charge in [-0.05, 0) is 43.7 Å². The molecule has 0 aliphatic carbocycles. The number of hydrogen-bond donors (Lipinski definition) is 2. The summed E-state index contributed by atoms with van der Waals surface area (Å²) in [6.45, 7) is 5.19. The molecule has 3 aromatic rings. The first-order valence-corrected chi connectivity index (χ1v) is 10.9. The highest BCUT2D eigenvalue weighted by atomic mass is 35.5. The van der Waals surface area contributed by atoms with Gasteiger partial charge in [0, 0.05) is 23.3 Å². The summed E-state index contributed by atoms with van der Waals surface area (Å²) in [5.74, 6) is 0.403. The van der Waals surface area contributed by atoms with E-state index in [0.29, 0.717) is 33.6 Å². The second-order valence-corrected chi connectivity index (χ2v) is 7.91. The Kier molecular flexibility index (Phi) is 8.14. The summed E-state index contributed by atoms with van der Waals surface area (Å²) >= 11 is 12.3. The third kappa shape index (κ3) is 6.02. The van der Waals surface area contributed by atoms with E-state index in [-0.39, 0.29) is 11.9 Å². The van der Waals surface area contributed by atoms with Crippen molar-refractivity contribution >= 4 is 40.8 Å². The third-order valence-corrected chi connectivity index (χ3v) is 5.24. The van der Waals surface area contributed by atoms with Crippen LogP contribution in [0.5, 0.6) is 5.75 Å². The quantitative estimate of drug-likeness (QED) is 0.359. The minimum atomic E-state index is -0.388. The van der Waals surface area contributed by atoms with E-state index >= 15 is 0 Å². The van der Waals surface area contributed by atoms with Gasteiger partial charge in [-0.15, -0.1) is 0 Å². The van der Waals surface area contributed by atoms with Crippen molar-refractivity contribution in [1.82, 2.24) is 15.1 Å². The molecule has 0 fully saturated rings. The average Bonchev–Trinajstić information content (AvgIpc) is 3.11. The zero-order valence-electron chi connectivity index (χ0n) is 18.2. The summed E-state index contributed by atoms with van der Waals surface area (Å²) < 4.78 is 7.30. The lowest BCUT2D eigenvalue weighted by Gasteiger charge is -2.15. The van der Waals surface area contributed by atoms with Gasteiger partial charge in [0.25, 0.3) is 5.91 Å². The fourth-order valence-corrected chi connectivity index (χ4v) is 3.45. The highest BCUT2D eigenvalue weighted by Gasteiger charge is 2.15. The molecule has 0 unspecified atom stereocenters. The molecule has 0 radical (unpaired) electrons. The number of anilines is 1. The number of amides is 1. The number of benzene rings is 2. The number of aryl methyl sites for hydroxylation is 2. The van der Waals surface area contributed by atoms with Crippen molar-refractivity contribution in [2.75, 3.05) is 12.4 Å². The second kappa shape index (κ2) is 11.0. The molecular weight excluding hydrogens is 449 g/mol. The van der Waals surface area contributed by atoms with Gasteiger partial charge in [0.05, 0.1) is 35.6 Å². The molecule has 2 aromatic carbocycles. The van der Waals surface area contributed by atoms with Gasteiger partial charge in [-0.2, -0.15) is 5.10 Å². The van der Waals surface area contributed by atoms with Crippen molar-refractivity contribution in [1.29, 1.82) is 0 Å². The van der Waals surface area contributed by atoms with Crippen molar-refractivity contribution in [3.8, 4) is 5.75 Å². The number of aromatic nitrogens is 2. The van der Waals surface area contributed by atoms with Gasteiger partial charge in [0.15, 0.2) is 0 Å². The number of guanidine groups is 1. The Morgan fingerprint density at radius 3 is 2.72 bits per heavy atom. The molecule has 7 nitrogen and oxygen atoms in total. The first-order chi connectivity index (χ1) is 15.4. The van der Waals surface area contributed by atoms with Crippen LogP contribution in [0.25, 0.3) is 0 Å². The van der Waals surface area contributed by atoms with E-state index in [4.69, 9.17) is 27.9 Å². The number of methoxy groups -OCH3 is 1. The molecule has 1 aromatic heterocycles. The molecular formula is C23H25Cl2N5O2. The number of rotatable bonds is 7. The van der Waals surface area contributed by atoms with E-state index in [1.54, 1.807) is 49.6 Å². The van der Waals surface area contributed by atoms with E-state index in [0.717, 1.165) is 24.2 Å². The normalized spacial score (nSPS) is 11.3. The van der Waals surface area contributed by atoms with E-state index in [1.165, 1.54) is 0 Å². The van der Waals surface area contributed by atoms with E-state index < -0.39 is 0 Å². The van der Waals surface area contributed by atoms with Crippen LogP contribution in [-0.4, -0.2) is 28.8 Å². The monoisotopic (exact) mass is 473 g/mol. The lowest BCUT2D eigenvalue weighted by molar-refractivity contribution is 0.0977. The standard InChI is InChI=1S/C23H25Cl2N5O2/c1-4-11-30-14-16(15(2)29-30)13-26-23(27-20-12-17(24)9-10-21(20)32-3)28-22(31)18-7-5-6-8-19(18)25/h5-10,12,14H,4,11,13H2,1-3H3,(H2,26,27,28,31). The van der Waals surface area contributed by atoms with Crippen LogP contribution in [0.2, 0.25) is 10.0 Å². The van der Waals surface area contributed by atoms with Gasteiger partial charge in [0.2, 0.25) is 5.96 Å². The van der Waals surface area contributed by atoms with E-state index in [1.807, 2.05) is 17.8 Å². The Morgan fingerprint density at radius 2 is 2.00 bits per heavy atom. The van der Waals surface area contributed by atoms with Gasteiger partial charge >= 0.3 is 0 Å². The Morgan fingerprint density at radius 1 is 1.22 bits per heavy atom. The zero-order valence-corrected chi connectivity index (χ0v) is 19.7. The summed E-state index contributed by atoms with van der Waals surface area (Å²) in [5, 5.41) is 11.3. The molecule has 0 aliphatic rings. The van der Waals surface area contributed by atoms with Crippen LogP contribution in [0.3, 0.4) is 0 Å². The number of ether oxygens (including phenoxy) is 1.